The van der Waals surface area contributed by atoms with Gasteiger partial charge in [-0.3, -0.25) is 9.59 Å². The molecule has 132 valence electrons. The summed E-state index contributed by atoms with van der Waals surface area (Å²) in [6.07, 6.45) is 3.20. The highest BCUT2D eigenvalue weighted by atomic mass is 16.5. The second kappa shape index (κ2) is 9.88. The number of carbonyl (C=O) groups excluding carboxylic acids is 2. The lowest BCUT2D eigenvalue weighted by Gasteiger charge is -2.22. The topological polar surface area (TPSA) is 66.8 Å². The highest BCUT2D eigenvalue weighted by Gasteiger charge is 2.19. The van der Waals surface area contributed by atoms with Crippen LogP contribution in [0.4, 0.5) is 0 Å². The van der Waals surface area contributed by atoms with E-state index >= 15 is 0 Å². The minimum atomic E-state index is -0.441. The number of aliphatic hydroxyl groups is 1. The van der Waals surface area contributed by atoms with E-state index in [1.165, 1.54) is 23.6 Å². The van der Waals surface area contributed by atoms with Crippen LogP contribution in [-0.2, 0) is 14.3 Å². The number of aliphatic hydroxyl groups excluding tert-OH is 1. The Labute approximate surface area is 143 Å². The molecule has 5 nitrogen and oxygen atoms in total. The van der Waals surface area contributed by atoms with Gasteiger partial charge in [-0.1, -0.05) is 45.0 Å². The lowest BCUT2D eigenvalue weighted by molar-refractivity contribution is -0.146. The number of ether oxygens (including phenoxy) is 1. The number of amides is 1. The molecular weight excluding hydrogens is 306 g/mol. The van der Waals surface area contributed by atoms with Gasteiger partial charge in [0.2, 0.25) is 5.91 Å². The van der Waals surface area contributed by atoms with Gasteiger partial charge in [0.05, 0.1) is 19.6 Å². The number of nitrogens with zero attached hydrogens (tertiary/aromatic N) is 1. The summed E-state index contributed by atoms with van der Waals surface area (Å²) in [6.45, 7) is 6.18. The summed E-state index contributed by atoms with van der Waals surface area (Å²) in [5.41, 5.74) is 2.17. The van der Waals surface area contributed by atoms with Crippen LogP contribution < -0.4 is 0 Å². The van der Waals surface area contributed by atoms with Crippen molar-refractivity contribution in [3.8, 4) is 0 Å². The van der Waals surface area contributed by atoms with Crippen molar-refractivity contribution in [2.75, 3.05) is 26.8 Å². The lowest BCUT2D eigenvalue weighted by Crippen LogP contribution is -2.38. The number of hydrogen-bond acceptors (Lipinski definition) is 4. The molecule has 1 unspecified atom stereocenters. The van der Waals surface area contributed by atoms with Crippen LogP contribution in [0.5, 0.6) is 0 Å². The summed E-state index contributed by atoms with van der Waals surface area (Å²) >= 11 is 0. The maximum Gasteiger partial charge on any atom is 0.310 e. The molecule has 0 radical (unpaired) electrons. The highest BCUT2D eigenvalue weighted by Crippen LogP contribution is 2.15. The van der Waals surface area contributed by atoms with Crippen LogP contribution >= 0.6 is 0 Å². The van der Waals surface area contributed by atoms with Crippen molar-refractivity contribution < 1.29 is 19.4 Å². The third kappa shape index (κ3) is 6.16. The van der Waals surface area contributed by atoms with Crippen LogP contribution in [0.3, 0.4) is 0 Å². The van der Waals surface area contributed by atoms with Gasteiger partial charge < -0.3 is 14.7 Å². The average Bonchev–Trinajstić information content (AvgIpc) is 2.58. The fourth-order valence-electron chi connectivity index (χ4n) is 2.28. The molecule has 1 atom stereocenters. The first-order valence-corrected chi connectivity index (χ1v) is 8.14. The lowest BCUT2D eigenvalue weighted by atomic mass is 10.0. The number of hydrogen-bond donors (Lipinski definition) is 1. The Bertz CT molecular complexity index is 563. The first kappa shape index (κ1) is 19.9. The normalized spacial score (nSPS) is 12.4. The molecule has 0 aliphatic heterocycles. The minimum Gasteiger partial charge on any atom is -0.469 e. The van der Waals surface area contributed by atoms with Crippen molar-refractivity contribution >= 4 is 18.0 Å². The van der Waals surface area contributed by atoms with E-state index in [9.17, 15) is 9.59 Å². The maximum atomic E-state index is 12.3. The number of benzene rings is 1. The molecule has 1 amide bonds. The zero-order chi connectivity index (χ0) is 18.1. The molecule has 1 N–H and O–H groups in total. The Morgan fingerprint density at radius 1 is 1.21 bits per heavy atom. The van der Waals surface area contributed by atoms with Gasteiger partial charge in [0, 0.05) is 19.2 Å². The molecule has 0 fully saturated rings. The molecule has 0 aromatic heterocycles. The largest absolute Gasteiger partial charge is 0.469 e. The Morgan fingerprint density at radius 2 is 1.83 bits per heavy atom. The summed E-state index contributed by atoms with van der Waals surface area (Å²) < 4.78 is 4.67. The van der Waals surface area contributed by atoms with Gasteiger partial charge in [0.1, 0.15) is 0 Å². The minimum absolute atomic E-state index is 0.156. The van der Waals surface area contributed by atoms with Crippen molar-refractivity contribution in [3.05, 3.63) is 41.5 Å². The second-order valence-corrected chi connectivity index (χ2v) is 6.09. The van der Waals surface area contributed by atoms with Gasteiger partial charge in [0.25, 0.3) is 0 Å². The van der Waals surface area contributed by atoms with E-state index in [1.54, 1.807) is 13.0 Å². The predicted octanol–water partition coefficient (Wildman–Crippen LogP) is 2.45. The van der Waals surface area contributed by atoms with E-state index in [0.29, 0.717) is 5.92 Å². The molecule has 0 aliphatic carbocycles. The van der Waals surface area contributed by atoms with E-state index in [4.69, 9.17) is 5.11 Å². The van der Waals surface area contributed by atoms with Crippen molar-refractivity contribution in [1.82, 2.24) is 4.90 Å². The van der Waals surface area contributed by atoms with Crippen LogP contribution in [0, 0.1) is 5.92 Å². The van der Waals surface area contributed by atoms with Gasteiger partial charge in [-0.2, -0.15) is 0 Å². The van der Waals surface area contributed by atoms with Crippen LogP contribution in [0.2, 0.25) is 0 Å². The molecule has 0 saturated heterocycles. The van der Waals surface area contributed by atoms with E-state index in [1.807, 2.05) is 24.3 Å². The first-order chi connectivity index (χ1) is 11.4. The summed E-state index contributed by atoms with van der Waals surface area (Å²) in [4.78, 5) is 25.2. The molecule has 5 heteroatoms. The fraction of sp³-hybridized carbons (Fsp3) is 0.474. The number of methoxy groups -OCH3 is 1. The summed E-state index contributed by atoms with van der Waals surface area (Å²) in [6, 6.07) is 8.01. The number of esters is 1. The molecule has 1 aromatic carbocycles. The Hall–Kier alpha value is -2.14. The van der Waals surface area contributed by atoms with Crippen LogP contribution in [-0.4, -0.2) is 48.7 Å². The van der Waals surface area contributed by atoms with Gasteiger partial charge >= 0.3 is 5.97 Å². The average molecular weight is 333 g/mol. The maximum absolute atomic E-state index is 12.3. The fourth-order valence-corrected chi connectivity index (χ4v) is 2.28. The van der Waals surface area contributed by atoms with Gasteiger partial charge in [-0.05, 0) is 23.1 Å². The monoisotopic (exact) mass is 333 g/mol. The molecule has 1 rings (SSSR count). The summed E-state index contributed by atoms with van der Waals surface area (Å²) in [5, 5.41) is 9.13. The van der Waals surface area contributed by atoms with Crippen molar-refractivity contribution in [3.63, 3.8) is 0 Å². The SMILES string of the molecule is COC(=O)C(C)CN(CCO)C(=O)/C=C/c1ccc(C(C)C)cc1. The molecule has 0 aliphatic rings. The summed E-state index contributed by atoms with van der Waals surface area (Å²) in [5.74, 6) is -0.597. The third-order valence-electron chi connectivity index (χ3n) is 3.80. The van der Waals surface area contributed by atoms with E-state index in [0.717, 1.165) is 5.56 Å². The Morgan fingerprint density at radius 3 is 2.33 bits per heavy atom. The first-order valence-electron chi connectivity index (χ1n) is 8.14. The second-order valence-electron chi connectivity index (χ2n) is 6.09. The predicted molar refractivity (Wildman–Crippen MR) is 94.4 cm³/mol. The molecule has 24 heavy (non-hydrogen) atoms. The van der Waals surface area contributed by atoms with Crippen molar-refractivity contribution in [1.29, 1.82) is 0 Å². The zero-order valence-electron chi connectivity index (χ0n) is 14.9. The quantitative estimate of drug-likeness (QED) is 0.586. The highest BCUT2D eigenvalue weighted by molar-refractivity contribution is 5.92. The molecule has 1 aromatic rings. The van der Waals surface area contributed by atoms with Crippen LogP contribution in [0.1, 0.15) is 37.8 Å². The van der Waals surface area contributed by atoms with E-state index < -0.39 is 5.92 Å². The van der Waals surface area contributed by atoms with E-state index in [2.05, 4.69) is 18.6 Å². The summed E-state index contributed by atoms with van der Waals surface area (Å²) in [7, 11) is 1.32. The van der Waals surface area contributed by atoms with Crippen LogP contribution in [0.15, 0.2) is 30.3 Å². The molecule has 0 spiro atoms. The smallest absolute Gasteiger partial charge is 0.310 e. The Balaban J connectivity index is 2.74. The van der Waals surface area contributed by atoms with Gasteiger partial charge in [-0.25, -0.2) is 0 Å². The zero-order valence-corrected chi connectivity index (χ0v) is 14.9. The molecule has 0 saturated carbocycles. The molecule has 0 bridgehead atoms. The standard InChI is InChI=1S/C19H27NO4/c1-14(2)17-8-5-16(6-9-17)7-10-18(22)20(11-12-21)13-15(3)19(23)24-4/h5-10,14-15,21H,11-13H2,1-4H3/b10-7+. The van der Waals surface area contributed by atoms with Crippen molar-refractivity contribution in [2.24, 2.45) is 5.92 Å². The van der Waals surface area contributed by atoms with Gasteiger partial charge in [-0.15, -0.1) is 0 Å². The molecular formula is C19H27NO4. The van der Waals surface area contributed by atoms with Crippen molar-refractivity contribution in [2.45, 2.75) is 26.7 Å². The Kier molecular flexibility index (Phi) is 8.19. The van der Waals surface area contributed by atoms with Gasteiger partial charge in [0.15, 0.2) is 0 Å². The van der Waals surface area contributed by atoms with Crippen LogP contribution in [0.25, 0.3) is 6.08 Å². The number of carbonyl (C=O) groups is 2. The molecule has 0 heterocycles. The number of rotatable bonds is 8. The third-order valence-corrected chi connectivity index (χ3v) is 3.80. The van der Waals surface area contributed by atoms with E-state index in [-0.39, 0.29) is 31.6 Å².